The Morgan fingerprint density at radius 1 is 1.29 bits per heavy atom. The summed E-state index contributed by atoms with van der Waals surface area (Å²) in [7, 11) is 0. The molecule has 1 aliphatic heterocycles. The van der Waals surface area contributed by atoms with E-state index in [2.05, 4.69) is 4.90 Å². The first kappa shape index (κ1) is 13.2. The molecule has 4 heteroatoms. The number of hydrogen-bond donors (Lipinski definition) is 1. The normalized spacial score (nSPS) is 21.7. The molecule has 0 aromatic heterocycles. The third-order valence-corrected chi connectivity index (χ3v) is 4.01. The van der Waals surface area contributed by atoms with Gasteiger partial charge in [-0.3, -0.25) is 4.90 Å². The zero-order valence-electron chi connectivity index (χ0n) is 9.70. The van der Waals surface area contributed by atoms with Crippen molar-refractivity contribution >= 4 is 23.2 Å². The Morgan fingerprint density at radius 2 is 2.00 bits per heavy atom. The van der Waals surface area contributed by atoms with E-state index in [1.807, 2.05) is 18.2 Å². The Bertz CT molecular complexity index is 363. The van der Waals surface area contributed by atoms with Crippen LogP contribution in [-0.4, -0.2) is 29.7 Å². The van der Waals surface area contributed by atoms with E-state index in [1.54, 1.807) is 0 Å². The first-order chi connectivity index (χ1) is 8.20. The van der Waals surface area contributed by atoms with Gasteiger partial charge in [-0.2, -0.15) is 0 Å². The first-order valence-corrected chi connectivity index (χ1v) is 6.72. The van der Waals surface area contributed by atoms with E-state index >= 15 is 0 Å². The largest absolute Gasteiger partial charge is 0.396 e. The maximum atomic E-state index is 9.21. The van der Waals surface area contributed by atoms with E-state index in [0.717, 1.165) is 48.1 Å². The van der Waals surface area contributed by atoms with Crippen molar-refractivity contribution in [1.29, 1.82) is 0 Å². The monoisotopic (exact) mass is 273 g/mol. The molecule has 17 heavy (non-hydrogen) atoms. The van der Waals surface area contributed by atoms with Crippen LogP contribution in [0.5, 0.6) is 0 Å². The molecule has 0 bridgehead atoms. The minimum Gasteiger partial charge on any atom is -0.396 e. The number of benzene rings is 1. The number of piperidine rings is 1. The van der Waals surface area contributed by atoms with Gasteiger partial charge in [0.05, 0.1) is 0 Å². The summed E-state index contributed by atoms with van der Waals surface area (Å²) in [4.78, 5) is 2.32. The molecular formula is C13H17Cl2NO. The smallest absolute Gasteiger partial charge is 0.0471 e. The molecule has 94 valence electrons. The van der Waals surface area contributed by atoms with Crippen molar-refractivity contribution in [2.45, 2.75) is 19.4 Å². The fraction of sp³-hybridized carbons (Fsp3) is 0.538. The van der Waals surface area contributed by atoms with Gasteiger partial charge in [0.25, 0.3) is 0 Å². The summed E-state index contributed by atoms with van der Waals surface area (Å²) >= 11 is 12.3. The number of aliphatic hydroxyl groups is 1. The second-order valence-corrected chi connectivity index (χ2v) is 5.44. The van der Waals surface area contributed by atoms with Crippen molar-refractivity contribution < 1.29 is 5.11 Å². The molecule has 0 unspecified atom stereocenters. The molecule has 0 radical (unpaired) electrons. The third-order valence-electron chi connectivity index (χ3n) is 3.30. The summed E-state index contributed by atoms with van der Waals surface area (Å²) < 4.78 is 0. The van der Waals surface area contributed by atoms with Gasteiger partial charge in [0, 0.05) is 35.3 Å². The van der Waals surface area contributed by atoms with E-state index in [0.29, 0.717) is 5.92 Å². The van der Waals surface area contributed by atoms with E-state index in [4.69, 9.17) is 23.2 Å². The Kier molecular flexibility index (Phi) is 4.69. The summed E-state index contributed by atoms with van der Waals surface area (Å²) in [5.74, 6) is 0.394. The van der Waals surface area contributed by atoms with Gasteiger partial charge in [-0.15, -0.1) is 0 Å². The average molecular weight is 274 g/mol. The second-order valence-electron chi connectivity index (χ2n) is 4.63. The molecule has 0 saturated carbocycles. The van der Waals surface area contributed by atoms with E-state index in [9.17, 15) is 5.11 Å². The van der Waals surface area contributed by atoms with Gasteiger partial charge < -0.3 is 5.11 Å². The molecule has 2 rings (SSSR count). The van der Waals surface area contributed by atoms with Gasteiger partial charge in [-0.05, 0) is 37.4 Å². The maximum absolute atomic E-state index is 9.21. The Balaban J connectivity index is 2.05. The van der Waals surface area contributed by atoms with E-state index < -0.39 is 0 Å². The van der Waals surface area contributed by atoms with Crippen LogP contribution in [0.15, 0.2) is 18.2 Å². The molecule has 1 fully saturated rings. The predicted octanol–water partition coefficient (Wildman–Crippen LogP) is 3.20. The first-order valence-electron chi connectivity index (χ1n) is 5.97. The highest BCUT2D eigenvalue weighted by Gasteiger charge is 2.20. The predicted molar refractivity (Wildman–Crippen MR) is 71.5 cm³/mol. The van der Waals surface area contributed by atoms with Crippen LogP contribution in [0.4, 0.5) is 0 Å². The lowest BCUT2D eigenvalue weighted by Gasteiger charge is -2.32. The van der Waals surface area contributed by atoms with Gasteiger partial charge in [-0.25, -0.2) is 0 Å². The van der Waals surface area contributed by atoms with E-state index in [-0.39, 0.29) is 6.61 Å². The maximum Gasteiger partial charge on any atom is 0.0471 e. The van der Waals surface area contributed by atoms with Crippen LogP contribution in [0, 0.1) is 5.92 Å². The topological polar surface area (TPSA) is 23.5 Å². The highest BCUT2D eigenvalue weighted by atomic mass is 35.5. The lowest BCUT2D eigenvalue weighted by Crippen LogP contribution is -2.36. The number of halogens is 2. The summed E-state index contributed by atoms with van der Waals surface area (Å²) in [5, 5.41) is 10.7. The molecule has 1 aromatic rings. The van der Waals surface area contributed by atoms with Crippen molar-refractivity contribution in [2.75, 3.05) is 19.7 Å². The van der Waals surface area contributed by atoms with Crippen LogP contribution in [0.3, 0.4) is 0 Å². The van der Waals surface area contributed by atoms with Gasteiger partial charge in [0.1, 0.15) is 0 Å². The zero-order chi connectivity index (χ0) is 12.3. The molecule has 0 spiro atoms. The van der Waals surface area contributed by atoms with Gasteiger partial charge in [0.15, 0.2) is 0 Å². The summed E-state index contributed by atoms with van der Waals surface area (Å²) in [6.45, 7) is 3.03. The number of hydrogen-bond acceptors (Lipinski definition) is 2. The van der Waals surface area contributed by atoms with Crippen LogP contribution in [-0.2, 0) is 6.54 Å². The molecule has 1 aromatic carbocycles. The molecular weight excluding hydrogens is 257 g/mol. The molecule has 2 nitrogen and oxygen atoms in total. The van der Waals surface area contributed by atoms with Crippen molar-refractivity contribution in [1.82, 2.24) is 4.90 Å². The Labute approximate surface area is 112 Å². The highest BCUT2D eigenvalue weighted by molar-refractivity contribution is 6.35. The molecule has 1 atom stereocenters. The van der Waals surface area contributed by atoms with Crippen LogP contribution in [0.2, 0.25) is 10.0 Å². The second kappa shape index (κ2) is 6.05. The lowest BCUT2D eigenvalue weighted by molar-refractivity contribution is 0.116. The molecule has 1 saturated heterocycles. The third kappa shape index (κ3) is 3.35. The average Bonchev–Trinajstić information content (AvgIpc) is 2.34. The van der Waals surface area contributed by atoms with Crippen LogP contribution in [0.1, 0.15) is 18.4 Å². The van der Waals surface area contributed by atoms with Gasteiger partial charge >= 0.3 is 0 Å². The summed E-state index contributed by atoms with van der Waals surface area (Å²) in [6, 6.07) is 5.60. The lowest BCUT2D eigenvalue weighted by atomic mass is 9.98. The Hall–Kier alpha value is -0.280. The van der Waals surface area contributed by atoms with Gasteiger partial charge in [-0.1, -0.05) is 29.3 Å². The van der Waals surface area contributed by atoms with Crippen LogP contribution in [0.25, 0.3) is 0 Å². The van der Waals surface area contributed by atoms with Crippen LogP contribution < -0.4 is 0 Å². The minimum atomic E-state index is 0.271. The number of aliphatic hydroxyl groups excluding tert-OH is 1. The van der Waals surface area contributed by atoms with Crippen LogP contribution >= 0.6 is 23.2 Å². The minimum absolute atomic E-state index is 0.271. The number of rotatable bonds is 3. The molecule has 1 heterocycles. The van der Waals surface area contributed by atoms with Crippen molar-refractivity contribution in [3.63, 3.8) is 0 Å². The fourth-order valence-corrected chi connectivity index (χ4v) is 2.87. The standard InChI is InChI=1S/C13H17Cl2NO/c14-12-4-1-5-13(15)11(12)8-16-6-2-3-10(7-16)9-17/h1,4-5,10,17H,2-3,6-9H2/t10-/m0/s1. The molecule has 1 aliphatic rings. The fourth-order valence-electron chi connectivity index (χ4n) is 2.35. The van der Waals surface area contributed by atoms with Gasteiger partial charge in [0.2, 0.25) is 0 Å². The SMILES string of the molecule is OC[C@H]1CCCN(Cc2c(Cl)cccc2Cl)C1. The number of nitrogens with zero attached hydrogens (tertiary/aromatic N) is 1. The van der Waals surface area contributed by atoms with Crippen molar-refractivity contribution in [2.24, 2.45) is 5.92 Å². The molecule has 1 N–H and O–H groups in total. The van der Waals surface area contributed by atoms with E-state index in [1.165, 1.54) is 0 Å². The number of likely N-dealkylation sites (tertiary alicyclic amines) is 1. The quantitative estimate of drug-likeness (QED) is 0.915. The highest BCUT2D eigenvalue weighted by Crippen LogP contribution is 2.27. The molecule has 0 aliphatic carbocycles. The zero-order valence-corrected chi connectivity index (χ0v) is 11.2. The van der Waals surface area contributed by atoms with Crippen molar-refractivity contribution in [3.8, 4) is 0 Å². The summed E-state index contributed by atoms with van der Waals surface area (Å²) in [5.41, 5.74) is 0.995. The summed E-state index contributed by atoms with van der Waals surface area (Å²) in [6.07, 6.45) is 2.25. The van der Waals surface area contributed by atoms with Crippen molar-refractivity contribution in [3.05, 3.63) is 33.8 Å². The molecule has 0 amide bonds. The Morgan fingerprint density at radius 3 is 2.65 bits per heavy atom.